The Morgan fingerprint density at radius 2 is 0.918 bits per heavy atom. The van der Waals surface area contributed by atoms with Gasteiger partial charge in [0.1, 0.15) is 0 Å². The summed E-state index contributed by atoms with van der Waals surface area (Å²) in [6.45, 7) is 0. The Kier molecular flexibility index (Phi) is 6.56. The second-order valence-electron chi connectivity index (χ2n) is 15.6. The van der Waals surface area contributed by atoms with Gasteiger partial charge in [0.2, 0.25) is 17.5 Å². The summed E-state index contributed by atoms with van der Waals surface area (Å²) in [5, 5.41) is 3.58. The molecule has 6 heterocycles. The lowest BCUT2D eigenvalue weighted by Crippen LogP contribution is -2.04. The number of hydrogen-bond acceptors (Lipinski definition) is 5. The van der Waals surface area contributed by atoms with E-state index in [1.165, 1.54) is 20.2 Å². The van der Waals surface area contributed by atoms with E-state index in [0.717, 1.165) is 94.7 Å². The second-order valence-corrected chi connectivity index (χ2v) is 16.7. The zero-order valence-electron chi connectivity index (χ0n) is 32.3. The summed E-state index contributed by atoms with van der Waals surface area (Å²) in [5.74, 6) is 2.22. The van der Waals surface area contributed by atoms with E-state index < -0.39 is 0 Å². The van der Waals surface area contributed by atoms with Crippen LogP contribution in [0.2, 0.25) is 0 Å². The molecule has 0 fully saturated rings. The maximum Gasteiger partial charge on any atom is 0.238 e. The van der Waals surface area contributed by atoms with Crippen LogP contribution in [0.15, 0.2) is 182 Å². The van der Waals surface area contributed by atoms with Crippen LogP contribution < -0.4 is 0 Å². The monoisotopic (exact) mass is 798 g/mol. The molecular formula is C52H30N8S. The first-order valence-electron chi connectivity index (χ1n) is 20.3. The zero-order valence-corrected chi connectivity index (χ0v) is 33.1. The first-order valence-corrected chi connectivity index (χ1v) is 21.1. The molecule has 0 spiro atoms. The number of benzene rings is 8. The van der Waals surface area contributed by atoms with E-state index in [1.54, 1.807) is 0 Å². The minimum absolute atomic E-state index is 0.576. The van der Waals surface area contributed by atoms with Gasteiger partial charge in [-0.2, -0.15) is 0 Å². The number of hydrogen-bond donors (Lipinski definition) is 0. The fourth-order valence-corrected chi connectivity index (χ4v) is 10.6. The summed E-state index contributed by atoms with van der Waals surface area (Å²) in [7, 11) is 0. The predicted molar refractivity (Wildman–Crippen MR) is 249 cm³/mol. The lowest BCUT2D eigenvalue weighted by Gasteiger charge is -2.11. The van der Waals surface area contributed by atoms with Crippen molar-refractivity contribution in [2.24, 2.45) is 0 Å². The number of fused-ring (bicyclic) bond motifs is 14. The Hall–Kier alpha value is -8.14. The van der Waals surface area contributed by atoms with Crippen molar-refractivity contribution in [1.29, 1.82) is 0 Å². The molecule has 0 unspecified atom stereocenters. The van der Waals surface area contributed by atoms with E-state index in [-0.39, 0.29) is 0 Å². The number of nitrogens with zero attached hydrogens (tertiary/aromatic N) is 8. The fourth-order valence-electron chi connectivity index (χ4n) is 9.45. The van der Waals surface area contributed by atoms with Crippen molar-refractivity contribution in [2.75, 3.05) is 0 Å². The van der Waals surface area contributed by atoms with Gasteiger partial charge in [-0.1, -0.05) is 109 Å². The van der Waals surface area contributed by atoms with E-state index >= 15 is 0 Å². The first-order chi connectivity index (χ1) is 30.2. The topological polar surface area (TPSA) is 70.2 Å². The van der Waals surface area contributed by atoms with Crippen molar-refractivity contribution in [3.05, 3.63) is 182 Å². The van der Waals surface area contributed by atoms with Crippen molar-refractivity contribution >= 4 is 98.1 Å². The molecule has 0 aliphatic carbocycles. The summed E-state index contributed by atoms with van der Waals surface area (Å²) in [4.78, 5) is 20.9. The Morgan fingerprint density at radius 1 is 0.344 bits per heavy atom. The number of aromatic nitrogens is 8. The molecule has 14 rings (SSSR count). The summed E-state index contributed by atoms with van der Waals surface area (Å²) in [6, 6.07) is 64.2. The minimum atomic E-state index is 0.576. The molecule has 0 saturated heterocycles. The smallest absolute Gasteiger partial charge is 0.238 e. The van der Waals surface area contributed by atoms with Gasteiger partial charge in [0.25, 0.3) is 0 Å². The molecule has 8 nitrogen and oxygen atoms in total. The van der Waals surface area contributed by atoms with Crippen molar-refractivity contribution in [2.45, 2.75) is 0 Å². The number of imidazole rings is 4. The molecule has 6 aromatic heterocycles. The molecule has 8 aromatic carbocycles. The van der Waals surface area contributed by atoms with Gasteiger partial charge in [-0.25, -0.2) is 24.5 Å². The van der Waals surface area contributed by atoms with Gasteiger partial charge in [-0.05, 0) is 83.9 Å². The highest BCUT2D eigenvalue weighted by molar-refractivity contribution is 7.25. The van der Waals surface area contributed by atoms with Gasteiger partial charge in [-0.3, -0.25) is 13.4 Å². The van der Waals surface area contributed by atoms with Crippen LogP contribution in [-0.4, -0.2) is 37.9 Å². The average Bonchev–Trinajstić information content (AvgIpc) is 4.12. The van der Waals surface area contributed by atoms with Crippen LogP contribution in [0.5, 0.6) is 0 Å². The lowest BCUT2D eigenvalue weighted by atomic mass is 10.0. The molecule has 0 aliphatic heterocycles. The Balaban J connectivity index is 0.998. The molecule has 0 aliphatic rings. The van der Waals surface area contributed by atoms with E-state index in [2.05, 4.69) is 176 Å². The van der Waals surface area contributed by atoms with Crippen molar-refractivity contribution in [3.63, 3.8) is 0 Å². The van der Waals surface area contributed by atoms with E-state index in [9.17, 15) is 0 Å². The van der Waals surface area contributed by atoms with Crippen LogP contribution in [0.3, 0.4) is 0 Å². The SMILES string of the molecule is c1ccc(-c2nc(-n3c4ccc(-c5ccc6c(c5)n5c7ccccc7nc5n6-c5ccc6c(c5)sc5ccccc56)cc4n4c5ccccc5nc34)nc3ccccc23)cc1. The molecule has 0 bridgehead atoms. The van der Waals surface area contributed by atoms with Crippen LogP contribution in [-0.2, 0) is 0 Å². The number of rotatable bonds is 4. The lowest BCUT2D eigenvalue weighted by molar-refractivity contribution is 0.986. The molecule has 0 saturated carbocycles. The second kappa shape index (κ2) is 12.2. The minimum Gasteiger partial charge on any atom is -0.278 e. The normalized spacial score (nSPS) is 12.3. The molecule has 0 N–H and O–H groups in total. The molecule has 61 heavy (non-hydrogen) atoms. The molecule has 14 aromatic rings. The van der Waals surface area contributed by atoms with Gasteiger partial charge >= 0.3 is 0 Å². The van der Waals surface area contributed by atoms with Crippen LogP contribution in [0.1, 0.15) is 0 Å². The third-order valence-corrected chi connectivity index (χ3v) is 13.3. The van der Waals surface area contributed by atoms with E-state index in [0.29, 0.717) is 5.95 Å². The van der Waals surface area contributed by atoms with E-state index in [1.807, 2.05) is 35.6 Å². The van der Waals surface area contributed by atoms with Crippen LogP contribution >= 0.6 is 11.3 Å². The van der Waals surface area contributed by atoms with Crippen LogP contribution in [0, 0.1) is 0 Å². The van der Waals surface area contributed by atoms with Crippen molar-refractivity contribution in [1.82, 2.24) is 37.9 Å². The van der Waals surface area contributed by atoms with Crippen LogP contribution in [0.25, 0.3) is 121 Å². The average molecular weight is 799 g/mol. The van der Waals surface area contributed by atoms with Gasteiger partial charge in [0, 0.05) is 31.1 Å². The highest BCUT2D eigenvalue weighted by atomic mass is 32.1. The maximum absolute atomic E-state index is 5.29. The van der Waals surface area contributed by atoms with Gasteiger partial charge in [-0.15, -0.1) is 11.3 Å². The molecular weight excluding hydrogens is 769 g/mol. The Morgan fingerprint density at radius 3 is 1.64 bits per heavy atom. The number of thiophene rings is 1. The van der Waals surface area contributed by atoms with Gasteiger partial charge in [0.15, 0.2) is 0 Å². The molecule has 0 atom stereocenters. The quantitative estimate of drug-likeness (QED) is 0.178. The largest absolute Gasteiger partial charge is 0.278 e. The Labute approximate surface area is 350 Å². The van der Waals surface area contributed by atoms with Gasteiger partial charge in [0.05, 0.1) is 61.0 Å². The fraction of sp³-hybridized carbons (Fsp3) is 0. The molecule has 284 valence electrons. The third-order valence-electron chi connectivity index (χ3n) is 12.2. The predicted octanol–water partition coefficient (Wildman–Crippen LogP) is 12.8. The standard InChI is InChI=1S/C52H30N8S/c1-2-12-31(13-3-1)49-37-15-4-6-16-38(37)53-50(56-49)60-44-27-23-33(29-46(44)59-42-20-10-8-18-40(42)55-52(59)60)32-22-26-43-45(28-32)58-41-19-9-7-17-39(41)54-51(58)57(43)34-24-25-36-35-14-5-11-21-47(35)61-48(36)30-34/h1-30H. The summed E-state index contributed by atoms with van der Waals surface area (Å²) in [5.41, 5.74) is 14.2. The number of para-hydroxylation sites is 5. The van der Waals surface area contributed by atoms with Gasteiger partial charge < -0.3 is 0 Å². The molecule has 9 heteroatoms. The molecule has 0 amide bonds. The van der Waals surface area contributed by atoms with E-state index in [4.69, 9.17) is 19.9 Å². The Bertz CT molecular complexity index is 4130. The highest BCUT2D eigenvalue weighted by Gasteiger charge is 2.23. The molecule has 0 radical (unpaired) electrons. The zero-order chi connectivity index (χ0) is 39.8. The first kappa shape index (κ1) is 32.8. The summed E-state index contributed by atoms with van der Waals surface area (Å²) in [6.07, 6.45) is 0. The van der Waals surface area contributed by atoms with Crippen LogP contribution in [0.4, 0.5) is 0 Å². The summed E-state index contributed by atoms with van der Waals surface area (Å²) < 4.78 is 11.5. The van der Waals surface area contributed by atoms with Crippen molar-refractivity contribution in [3.8, 4) is 34.0 Å². The van der Waals surface area contributed by atoms with Crippen molar-refractivity contribution < 1.29 is 0 Å². The third kappa shape index (κ3) is 4.63. The maximum atomic E-state index is 5.29. The summed E-state index contributed by atoms with van der Waals surface area (Å²) >= 11 is 1.84. The highest BCUT2D eigenvalue weighted by Crippen LogP contribution is 2.39.